The van der Waals surface area contributed by atoms with Crippen molar-refractivity contribution in [3.05, 3.63) is 137 Å². The largest absolute Gasteiger partial charge is 0.353 e. The van der Waals surface area contributed by atoms with Gasteiger partial charge in [0.1, 0.15) is 0 Å². The van der Waals surface area contributed by atoms with Crippen LogP contribution in [0.1, 0.15) is 72.9 Å². The third-order valence-corrected chi connectivity index (χ3v) is 8.64. The zero-order chi connectivity index (χ0) is 29.4. The summed E-state index contributed by atoms with van der Waals surface area (Å²) < 4.78 is 0. The summed E-state index contributed by atoms with van der Waals surface area (Å²) in [7, 11) is 0. The second kappa shape index (κ2) is 11.4. The minimum Gasteiger partial charge on any atom is -0.353 e. The summed E-state index contributed by atoms with van der Waals surface area (Å²) in [6.45, 7) is 13.5. The summed E-state index contributed by atoms with van der Waals surface area (Å²) in [5, 5.41) is 7.48. The van der Waals surface area contributed by atoms with Crippen molar-refractivity contribution in [2.45, 2.75) is 59.8 Å². The van der Waals surface area contributed by atoms with Gasteiger partial charge < -0.3 is 5.32 Å². The molecular formula is C40H40N2. The molecule has 0 atom stereocenters. The van der Waals surface area contributed by atoms with E-state index in [0.717, 1.165) is 28.7 Å². The minimum atomic E-state index is 0.410. The van der Waals surface area contributed by atoms with Crippen LogP contribution in [0.15, 0.2) is 103 Å². The average Bonchev–Trinajstić information content (AvgIpc) is 2.98. The molecule has 0 aliphatic carbocycles. The lowest BCUT2D eigenvalue weighted by molar-refractivity contribution is 0.838. The number of anilines is 2. The number of fused-ring (bicyclic) bond motifs is 2. The van der Waals surface area contributed by atoms with Gasteiger partial charge in [-0.1, -0.05) is 119 Å². The van der Waals surface area contributed by atoms with Crippen LogP contribution in [-0.2, 0) is 6.42 Å². The van der Waals surface area contributed by atoms with E-state index in [-0.39, 0.29) is 0 Å². The number of rotatable bonds is 7. The van der Waals surface area contributed by atoms with Gasteiger partial charge in [0.05, 0.1) is 16.9 Å². The third kappa shape index (κ3) is 5.18. The molecule has 42 heavy (non-hydrogen) atoms. The maximum Gasteiger partial charge on any atom is 0.0944 e. The highest BCUT2D eigenvalue weighted by atomic mass is 14.9. The molecule has 0 saturated heterocycles. The number of aromatic nitrogens is 1. The van der Waals surface area contributed by atoms with Crippen LogP contribution in [0.4, 0.5) is 11.4 Å². The number of benzene rings is 5. The molecule has 1 heterocycles. The Hall–Kier alpha value is -4.43. The Morgan fingerprint density at radius 3 is 1.95 bits per heavy atom. The lowest BCUT2D eigenvalue weighted by atomic mass is 9.89. The van der Waals surface area contributed by atoms with E-state index in [4.69, 9.17) is 4.98 Å². The second-order valence-corrected chi connectivity index (χ2v) is 12.2. The smallest absolute Gasteiger partial charge is 0.0944 e. The fourth-order valence-electron chi connectivity index (χ4n) is 6.30. The SMILES string of the molecule is Cc1cccc(C)c1Cc1ccc2ccccc2c1-c1ccc2cccc(Nc3c(C(C)C)cccc3C(C)C)c2n1. The van der Waals surface area contributed by atoms with Crippen LogP contribution in [0.5, 0.6) is 0 Å². The number of nitrogens with one attached hydrogen (secondary N) is 1. The summed E-state index contributed by atoms with van der Waals surface area (Å²) in [6.07, 6.45) is 0.873. The van der Waals surface area contributed by atoms with Crippen LogP contribution in [0.25, 0.3) is 32.9 Å². The van der Waals surface area contributed by atoms with Crippen LogP contribution in [-0.4, -0.2) is 4.98 Å². The standard InChI is InChI=1S/C40H40N2/c1-25(2)32-17-11-18-33(26(3)4)40(32)42-37-19-10-15-30-22-23-36(41-39(30)37)38-31(21-20-29-14-7-8-16-34(29)38)24-35-27(5)12-9-13-28(35)6/h7-23,25-26,42H,24H2,1-6H3. The first-order valence-corrected chi connectivity index (χ1v) is 15.2. The van der Waals surface area contributed by atoms with E-state index in [1.54, 1.807) is 0 Å². The van der Waals surface area contributed by atoms with Crippen molar-refractivity contribution < 1.29 is 0 Å². The molecular weight excluding hydrogens is 508 g/mol. The van der Waals surface area contributed by atoms with E-state index in [1.807, 2.05) is 0 Å². The summed E-state index contributed by atoms with van der Waals surface area (Å²) >= 11 is 0. The van der Waals surface area contributed by atoms with Crippen LogP contribution in [0.3, 0.4) is 0 Å². The summed E-state index contributed by atoms with van der Waals surface area (Å²) in [5.74, 6) is 0.820. The van der Waals surface area contributed by atoms with E-state index in [9.17, 15) is 0 Å². The molecule has 0 amide bonds. The van der Waals surface area contributed by atoms with Crippen molar-refractivity contribution in [2.24, 2.45) is 0 Å². The molecule has 0 unspecified atom stereocenters. The molecule has 0 aliphatic heterocycles. The van der Waals surface area contributed by atoms with E-state index in [2.05, 4.69) is 150 Å². The van der Waals surface area contributed by atoms with Crippen LogP contribution in [0, 0.1) is 13.8 Å². The lowest BCUT2D eigenvalue weighted by Crippen LogP contribution is -2.04. The van der Waals surface area contributed by atoms with E-state index in [0.29, 0.717) is 11.8 Å². The molecule has 6 aromatic rings. The molecule has 2 nitrogen and oxygen atoms in total. The van der Waals surface area contributed by atoms with Gasteiger partial charge in [-0.25, -0.2) is 4.98 Å². The molecule has 0 radical (unpaired) electrons. The first-order chi connectivity index (χ1) is 20.3. The zero-order valence-electron chi connectivity index (χ0n) is 25.6. The highest BCUT2D eigenvalue weighted by molar-refractivity contribution is 6.00. The number of hydrogen-bond donors (Lipinski definition) is 1. The highest BCUT2D eigenvalue weighted by Crippen LogP contribution is 2.38. The third-order valence-electron chi connectivity index (χ3n) is 8.64. The fourth-order valence-corrected chi connectivity index (χ4v) is 6.30. The molecule has 2 heteroatoms. The normalized spacial score (nSPS) is 11.6. The van der Waals surface area contributed by atoms with Gasteiger partial charge >= 0.3 is 0 Å². The molecule has 0 spiro atoms. The van der Waals surface area contributed by atoms with Crippen LogP contribution in [0.2, 0.25) is 0 Å². The Kier molecular flexibility index (Phi) is 7.56. The van der Waals surface area contributed by atoms with E-state index < -0.39 is 0 Å². The van der Waals surface area contributed by atoms with Crippen LogP contribution < -0.4 is 5.32 Å². The first kappa shape index (κ1) is 27.7. The summed E-state index contributed by atoms with van der Waals surface area (Å²) in [5.41, 5.74) is 13.5. The Bertz CT molecular complexity index is 1870. The van der Waals surface area contributed by atoms with Gasteiger partial charge in [-0.3, -0.25) is 0 Å². The number of aryl methyl sites for hydroxylation is 2. The second-order valence-electron chi connectivity index (χ2n) is 12.2. The predicted octanol–water partition coefficient (Wildman–Crippen LogP) is 11.3. The number of hydrogen-bond acceptors (Lipinski definition) is 2. The van der Waals surface area contributed by atoms with Gasteiger partial charge in [0, 0.05) is 16.6 Å². The Labute approximate surface area is 250 Å². The molecule has 0 fully saturated rings. The van der Waals surface area contributed by atoms with Crippen molar-refractivity contribution in [1.29, 1.82) is 0 Å². The summed E-state index contributed by atoms with van der Waals surface area (Å²) in [4.78, 5) is 5.43. The van der Waals surface area contributed by atoms with Crippen molar-refractivity contribution >= 4 is 33.1 Å². The molecule has 1 aromatic heterocycles. The Morgan fingerprint density at radius 1 is 0.619 bits per heavy atom. The zero-order valence-corrected chi connectivity index (χ0v) is 25.6. The maximum atomic E-state index is 5.43. The Balaban J connectivity index is 1.54. The van der Waals surface area contributed by atoms with Gasteiger partial charge in [-0.15, -0.1) is 0 Å². The van der Waals surface area contributed by atoms with E-state index in [1.165, 1.54) is 55.4 Å². The van der Waals surface area contributed by atoms with Crippen molar-refractivity contribution in [1.82, 2.24) is 4.98 Å². The lowest BCUT2D eigenvalue weighted by Gasteiger charge is -2.22. The minimum absolute atomic E-state index is 0.410. The molecule has 0 bridgehead atoms. The average molecular weight is 549 g/mol. The molecule has 1 N–H and O–H groups in total. The fraction of sp³-hybridized carbons (Fsp3) is 0.225. The molecule has 5 aromatic carbocycles. The monoisotopic (exact) mass is 548 g/mol. The van der Waals surface area contributed by atoms with Gasteiger partial charge in [-0.05, 0) is 88.4 Å². The maximum absolute atomic E-state index is 5.43. The van der Waals surface area contributed by atoms with Crippen LogP contribution >= 0.6 is 0 Å². The number of pyridine rings is 1. The first-order valence-electron chi connectivity index (χ1n) is 15.2. The number of para-hydroxylation sites is 2. The predicted molar refractivity (Wildman–Crippen MR) is 181 cm³/mol. The van der Waals surface area contributed by atoms with Gasteiger partial charge in [0.25, 0.3) is 0 Å². The topological polar surface area (TPSA) is 24.9 Å². The quantitative estimate of drug-likeness (QED) is 0.215. The molecule has 6 rings (SSSR count). The Morgan fingerprint density at radius 2 is 1.24 bits per heavy atom. The summed E-state index contributed by atoms with van der Waals surface area (Å²) in [6, 6.07) is 37.4. The van der Waals surface area contributed by atoms with Gasteiger partial charge in [0.15, 0.2) is 0 Å². The van der Waals surface area contributed by atoms with Gasteiger partial charge in [0.2, 0.25) is 0 Å². The molecule has 210 valence electrons. The molecule has 0 saturated carbocycles. The van der Waals surface area contributed by atoms with Crippen molar-refractivity contribution in [3.63, 3.8) is 0 Å². The van der Waals surface area contributed by atoms with E-state index >= 15 is 0 Å². The highest BCUT2D eigenvalue weighted by Gasteiger charge is 2.18. The van der Waals surface area contributed by atoms with Crippen molar-refractivity contribution in [2.75, 3.05) is 5.32 Å². The van der Waals surface area contributed by atoms with Crippen molar-refractivity contribution in [3.8, 4) is 11.3 Å². The molecule has 0 aliphatic rings. The number of nitrogens with zero attached hydrogens (tertiary/aromatic N) is 1. The van der Waals surface area contributed by atoms with Gasteiger partial charge in [-0.2, -0.15) is 0 Å².